The molecule has 0 aromatic carbocycles. The van der Waals surface area contributed by atoms with E-state index in [1.165, 1.54) is 25.7 Å². The van der Waals surface area contributed by atoms with Gasteiger partial charge in [-0.2, -0.15) is 0 Å². The molecule has 0 aromatic heterocycles. The van der Waals surface area contributed by atoms with E-state index in [2.05, 4.69) is 6.92 Å². The monoisotopic (exact) mass is 208 g/mol. The molecule has 0 radical (unpaired) electrons. The predicted octanol–water partition coefficient (Wildman–Crippen LogP) is 2.76. The minimum atomic E-state index is -0.123. The van der Waals surface area contributed by atoms with Gasteiger partial charge in [-0.1, -0.05) is 6.42 Å². The van der Waals surface area contributed by atoms with Crippen molar-refractivity contribution in [3.8, 4) is 0 Å². The lowest BCUT2D eigenvalue weighted by Gasteiger charge is -2.39. The summed E-state index contributed by atoms with van der Waals surface area (Å²) in [4.78, 5) is 11.2. The highest BCUT2D eigenvalue weighted by Gasteiger charge is 2.60. The molecule has 0 saturated heterocycles. The fourth-order valence-corrected chi connectivity index (χ4v) is 4.83. The van der Waals surface area contributed by atoms with Crippen LogP contribution < -0.4 is 0 Å². The van der Waals surface area contributed by atoms with E-state index in [-0.39, 0.29) is 11.6 Å². The van der Waals surface area contributed by atoms with Crippen molar-refractivity contribution in [2.75, 3.05) is 0 Å². The summed E-state index contributed by atoms with van der Waals surface area (Å²) in [5.74, 6) is 3.26. The van der Waals surface area contributed by atoms with Gasteiger partial charge in [0.05, 0.1) is 0 Å². The fourth-order valence-electron chi connectivity index (χ4n) is 4.83. The molecule has 3 aliphatic carbocycles. The van der Waals surface area contributed by atoms with Crippen LogP contribution in [0.25, 0.3) is 0 Å². The fraction of sp³-hybridized carbons (Fsp3) is 0.923. The molecule has 15 heavy (non-hydrogen) atoms. The van der Waals surface area contributed by atoms with Crippen LogP contribution in [0.2, 0.25) is 0 Å². The van der Waals surface area contributed by atoms with Gasteiger partial charge in [0.2, 0.25) is 0 Å². The van der Waals surface area contributed by atoms with E-state index in [0.717, 1.165) is 24.2 Å². The average molecular weight is 208 g/mol. The van der Waals surface area contributed by atoms with Crippen LogP contribution in [0.1, 0.15) is 46.0 Å². The maximum absolute atomic E-state index is 11.2. The van der Waals surface area contributed by atoms with E-state index in [1.807, 2.05) is 0 Å². The lowest BCUT2D eigenvalue weighted by molar-refractivity contribution is -0.163. The zero-order valence-electron chi connectivity index (χ0n) is 9.66. The van der Waals surface area contributed by atoms with Gasteiger partial charge < -0.3 is 4.74 Å². The van der Waals surface area contributed by atoms with Crippen LogP contribution in [0.15, 0.2) is 0 Å². The highest BCUT2D eigenvalue weighted by Crippen LogP contribution is 2.63. The smallest absolute Gasteiger partial charge is 0.303 e. The van der Waals surface area contributed by atoms with Crippen molar-refractivity contribution in [3.63, 3.8) is 0 Å². The first kappa shape index (κ1) is 9.68. The number of esters is 1. The Hall–Kier alpha value is -0.530. The maximum atomic E-state index is 11.2. The zero-order valence-corrected chi connectivity index (χ0v) is 9.66. The molecule has 0 aliphatic heterocycles. The van der Waals surface area contributed by atoms with Crippen molar-refractivity contribution in [2.45, 2.75) is 51.6 Å². The first-order chi connectivity index (χ1) is 7.10. The standard InChI is InChI=1S/C13H20O2/c1-8(14)15-13(2)7-9-6-12(13)11-5-3-4-10(9)11/h9-12H,3-7H2,1-2H3. The van der Waals surface area contributed by atoms with Crippen molar-refractivity contribution in [1.82, 2.24) is 0 Å². The van der Waals surface area contributed by atoms with Gasteiger partial charge in [-0.3, -0.25) is 4.79 Å². The van der Waals surface area contributed by atoms with Gasteiger partial charge in [0.25, 0.3) is 0 Å². The summed E-state index contributed by atoms with van der Waals surface area (Å²) in [6, 6.07) is 0. The molecule has 2 heteroatoms. The summed E-state index contributed by atoms with van der Waals surface area (Å²) in [5, 5.41) is 0. The van der Waals surface area contributed by atoms with Crippen LogP contribution in [0.3, 0.4) is 0 Å². The largest absolute Gasteiger partial charge is 0.459 e. The third-order valence-electron chi connectivity index (χ3n) is 5.13. The second kappa shape index (κ2) is 2.99. The molecule has 2 bridgehead atoms. The normalized spacial score (nSPS) is 51.9. The Morgan fingerprint density at radius 1 is 1.33 bits per heavy atom. The van der Waals surface area contributed by atoms with Crippen LogP contribution >= 0.6 is 0 Å². The van der Waals surface area contributed by atoms with Crippen molar-refractivity contribution in [3.05, 3.63) is 0 Å². The van der Waals surface area contributed by atoms with Crippen LogP contribution in [0.5, 0.6) is 0 Å². The lowest BCUT2D eigenvalue weighted by Crippen LogP contribution is -2.42. The summed E-state index contributed by atoms with van der Waals surface area (Å²) in [5.41, 5.74) is -0.123. The van der Waals surface area contributed by atoms with Gasteiger partial charge in [0.15, 0.2) is 0 Å². The van der Waals surface area contributed by atoms with E-state index in [0.29, 0.717) is 5.92 Å². The molecule has 3 saturated carbocycles. The molecule has 2 nitrogen and oxygen atoms in total. The van der Waals surface area contributed by atoms with Gasteiger partial charge in [-0.15, -0.1) is 0 Å². The van der Waals surface area contributed by atoms with Gasteiger partial charge in [0, 0.05) is 12.8 Å². The molecular formula is C13H20O2. The number of hydrogen-bond donors (Lipinski definition) is 0. The minimum absolute atomic E-state index is 0.0976. The Kier molecular flexibility index (Phi) is 1.93. The van der Waals surface area contributed by atoms with Gasteiger partial charge in [-0.05, 0) is 50.4 Å². The molecule has 3 aliphatic rings. The molecule has 3 rings (SSSR count). The van der Waals surface area contributed by atoms with E-state index in [9.17, 15) is 4.79 Å². The quantitative estimate of drug-likeness (QED) is 0.619. The number of carbonyl (C=O) groups excluding carboxylic acids is 1. The van der Waals surface area contributed by atoms with Crippen molar-refractivity contribution in [2.24, 2.45) is 23.7 Å². The van der Waals surface area contributed by atoms with Crippen LogP contribution in [0.4, 0.5) is 0 Å². The first-order valence-corrected chi connectivity index (χ1v) is 6.30. The summed E-state index contributed by atoms with van der Waals surface area (Å²) in [6.07, 6.45) is 6.65. The van der Waals surface area contributed by atoms with Crippen LogP contribution in [0, 0.1) is 23.7 Å². The molecule has 0 aromatic rings. The first-order valence-electron chi connectivity index (χ1n) is 6.30. The Balaban J connectivity index is 1.82. The molecule has 5 unspecified atom stereocenters. The maximum Gasteiger partial charge on any atom is 0.303 e. The van der Waals surface area contributed by atoms with Crippen molar-refractivity contribution < 1.29 is 9.53 Å². The summed E-state index contributed by atoms with van der Waals surface area (Å²) >= 11 is 0. The van der Waals surface area contributed by atoms with Crippen LogP contribution in [-0.2, 0) is 9.53 Å². The summed E-state index contributed by atoms with van der Waals surface area (Å²) in [7, 11) is 0. The van der Waals surface area contributed by atoms with Crippen LogP contribution in [-0.4, -0.2) is 11.6 Å². The van der Waals surface area contributed by atoms with Gasteiger partial charge in [0.1, 0.15) is 5.60 Å². The molecule has 0 N–H and O–H groups in total. The van der Waals surface area contributed by atoms with E-state index < -0.39 is 0 Å². The third-order valence-corrected chi connectivity index (χ3v) is 5.13. The molecule has 0 spiro atoms. The van der Waals surface area contributed by atoms with E-state index in [1.54, 1.807) is 6.92 Å². The number of fused-ring (bicyclic) bond motifs is 5. The SMILES string of the molecule is CC(=O)OC1(C)CC2CC1C1CCCC21. The summed E-state index contributed by atoms with van der Waals surface area (Å²) < 4.78 is 5.60. The second-order valence-corrected chi connectivity index (χ2v) is 5.97. The third kappa shape index (κ3) is 1.26. The van der Waals surface area contributed by atoms with E-state index >= 15 is 0 Å². The van der Waals surface area contributed by atoms with Gasteiger partial charge in [-0.25, -0.2) is 0 Å². The van der Waals surface area contributed by atoms with E-state index in [4.69, 9.17) is 4.74 Å². The molecule has 3 fully saturated rings. The van der Waals surface area contributed by atoms with Crippen molar-refractivity contribution >= 4 is 5.97 Å². The zero-order chi connectivity index (χ0) is 10.6. The van der Waals surface area contributed by atoms with Crippen molar-refractivity contribution in [1.29, 1.82) is 0 Å². The number of carbonyl (C=O) groups is 1. The Bertz CT molecular complexity index is 299. The predicted molar refractivity (Wildman–Crippen MR) is 57.2 cm³/mol. The minimum Gasteiger partial charge on any atom is -0.459 e. The summed E-state index contributed by atoms with van der Waals surface area (Å²) in [6.45, 7) is 3.71. The molecule has 0 amide bonds. The molecule has 0 heterocycles. The second-order valence-electron chi connectivity index (χ2n) is 5.97. The Labute approximate surface area is 91.4 Å². The Morgan fingerprint density at radius 3 is 2.80 bits per heavy atom. The molecular weight excluding hydrogens is 188 g/mol. The van der Waals surface area contributed by atoms with Gasteiger partial charge >= 0.3 is 5.97 Å². The number of rotatable bonds is 1. The topological polar surface area (TPSA) is 26.3 Å². The molecule has 5 atom stereocenters. The number of ether oxygens (including phenoxy) is 1. The Morgan fingerprint density at radius 2 is 2.07 bits per heavy atom. The average Bonchev–Trinajstić information content (AvgIpc) is 2.70. The highest BCUT2D eigenvalue weighted by molar-refractivity contribution is 5.66. The number of hydrogen-bond acceptors (Lipinski definition) is 2. The highest BCUT2D eigenvalue weighted by atomic mass is 16.6. The molecule has 84 valence electrons. The lowest BCUT2D eigenvalue weighted by atomic mass is 9.74.